The highest BCUT2D eigenvalue weighted by molar-refractivity contribution is 4.80. The van der Waals surface area contributed by atoms with E-state index in [1.54, 1.807) is 0 Å². The molecular formula is C11H19N3O. The third kappa shape index (κ3) is 2.79. The van der Waals surface area contributed by atoms with Gasteiger partial charge in [-0.1, -0.05) is 6.92 Å². The summed E-state index contributed by atoms with van der Waals surface area (Å²) in [4.78, 5) is 2.40. The fourth-order valence-electron chi connectivity index (χ4n) is 2.10. The molecule has 0 saturated carbocycles. The van der Waals surface area contributed by atoms with Gasteiger partial charge in [0.1, 0.15) is 0 Å². The number of hydrogen-bond donors (Lipinski definition) is 1. The predicted octanol–water partition coefficient (Wildman–Crippen LogP) is 0.586. The van der Waals surface area contributed by atoms with Gasteiger partial charge >= 0.3 is 0 Å². The molecule has 0 spiro atoms. The first-order valence-corrected chi connectivity index (χ1v) is 5.63. The zero-order chi connectivity index (χ0) is 10.7. The molecule has 0 aliphatic carbocycles. The van der Waals surface area contributed by atoms with Crippen molar-refractivity contribution in [2.45, 2.75) is 26.0 Å². The van der Waals surface area contributed by atoms with E-state index in [-0.39, 0.29) is 6.10 Å². The molecule has 0 aromatic carbocycles. The number of aliphatic hydroxyl groups excluding tert-OH is 1. The molecule has 1 aliphatic heterocycles. The zero-order valence-electron chi connectivity index (χ0n) is 9.21. The lowest BCUT2D eigenvalue weighted by atomic mass is 9.97. The second-order valence-corrected chi connectivity index (χ2v) is 4.40. The van der Waals surface area contributed by atoms with Crippen molar-refractivity contribution in [2.75, 3.05) is 19.6 Å². The molecule has 84 valence electrons. The molecule has 2 atom stereocenters. The van der Waals surface area contributed by atoms with Crippen LogP contribution in [0.5, 0.6) is 0 Å². The molecule has 0 amide bonds. The summed E-state index contributed by atoms with van der Waals surface area (Å²) in [7, 11) is 0. The molecular weight excluding hydrogens is 190 g/mol. The van der Waals surface area contributed by atoms with E-state index in [1.807, 2.05) is 23.1 Å². The van der Waals surface area contributed by atoms with E-state index in [0.29, 0.717) is 5.92 Å². The Labute approximate surface area is 90.5 Å². The summed E-state index contributed by atoms with van der Waals surface area (Å²) >= 11 is 0. The number of piperidine rings is 1. The van der Waals surface area contributed by atoms with E-state index in [1.165, 1.54) is 0 Å². The van der Waals surface area contributed by atoms with Crippen molar-refractivity contribution in [1.29, 1.82) is 0 Å². The van der Waals surface area contributed by atoms with Crippen LogP contribution in [0.25, 0.3) is 0 Å². The second kappa shape index (κ2) is 4.77. The minimum atomic E-state index is -0.106. The molecule has 2 heterocycles. The summed E-state index contributed by atoms with van der Waals surface area (Å²) in [6, 6.07) is 1.95. The summed E-state index contributed by atoms with van der Waals surface area (Å²) in [5.41, 5.74) is 0. The third-order valence-corrected chi connectivity index (χ3v) is 3.15. The molecule has 4 heteroatoms. The van der Waals surface area contributed by atoms with Gasteiger partial charge in [0.05, 0.1) is 12.6 Å². The Hall–Kier alpha value is -0.870. The van der Waals surface area contributed by atoms with Crippen LogP contribution in [0.15, 0.2) is 18.5 Å². The van der Waals surface area contributed by atoms with Crippen molar-refractivity contribution in [3.63, 3.8) is 0 Å². The molecule has 1 saturated heterocycles. The van der Waals surface area contributed by atoms with E-state index in [0.717, 1.165) is 32.6 Å². The Kier molecular flexibility index (Phi) is 3.38. The number of aromatic nitrogens is 2. The summed E-state index contributed by atoms with van der Waals surface area (Å²) in [6.45, 7) is 6.09. The van der Waals surface area contributed by atoms with E-state index in [9.17, 15) is 5.11 Å². The van der Waals surface area contributed by atoms with Crippen LogP contribution in [0.4, 0.5) is 0 Å². The summed E-state index contributed by atoms with van der Waals surface area (Å²) in [5.74, 6) is 0.399. The van der Waals surface area contributed by atoms with Gasteiger partial charge in [-0.3, -0.25) is 4.68 Å². The van der Waals surface area contributed by atoms with Gasteiger partial charge in [0.2, 0.25) is 0 Å². The average Bonchev–Trinajstić information content (AvgIpc) is 2.73. The highest BCUT2D eigenvalue weighted by Gasteiger charge is 2.23. The van der Waals surface area contributed by atoms with Crippen LogP contribution in [0.3, 0.4) is 0 Å². The summed E-state index contributed by atoms with van der Waals surface area (Å²) in [5, 5.41) is 13.8. The standard InChI is InChI=1S/C11H19N3O/c1-10-9-13(6-3-11(10)15)7-8-14-5-2-4-12-14/h2,4-5,10-11,15H,3,6-9H2,1H3. The molecule has 0 bridgehead atoms. The molecule has 1 aromatic heterocycles. The Morgan fingerprint density at radius 1 is 1.47 bits per heavy atom. The summed E-state index contributed by atoms with van der Waals surface area (Å²) in [6.07, 6.45) is 4.59. The van der Waals surface area contributed by atoms with Crippen LogP contribution >= 0.6 is 0 Å². The van der Waals surface area contributed by atoms with Crippen LogP contribution < -0.4 is 0 Å². The second-order valence-electron chi connectivity index (χ2n) is 4.40. The van der Waals surface area contributed by atoms with Crippen molar-refractivity contribution in [1.82, 2.24) is 14.7 Å². The minimum Gasteiger partial charge on any atom is -0.393 e. The normalized spacial score (nSPS) is 28.1. The molecule has 1 fully saturated rings. The van der Waals surface area contributed by atoms with Gasteiger partial charge in [-0.2, -0.15) is 5.10 Å². The lowest BCUT2D eigenvalue weighted by Gasteiger charge is -2.34. The third-order valence-electron chi connectivity index (χ3n) is 3.15. The average molecular weight is 209 g/mol. The SMILES string of the molecule is CC1CN(CCn2cccn2)CCC1O. The Morgan fingerprint density at radius 3 is 3.00 bits per heavy atom. The lowest BCUT2D eigenvalue weighted by Crippen LogP contribution is -2.43. The molecule has 1 aliphatic rings. The molecule has 2 unspecified atom stereocenters. The predicted molar refractivity (Wildman–Crippen MR) is 58.5 cm³/mol. The van der Waals surface area contributed by atoms with Crippen molar-refractivity contribution >= 4 is 0 Å². The van der Waals surface area contributed by atoms with E-state index >= 15 is 0 Å². The van der Waals surface area contributed by atoms with E-state index < -0.39 is 0 Å². The molecule has 2 rings (SSSR count). The smallest absolute Gasteiger partial charge is 0.0590 e. The molecule has 4 nitrogen and oxygen atoms in total. The van der Waals surface area contributed by atoms with E-state index in [4.69, 9.17) is 0 Å². The number of aliphatic hydroxyl groups is 1. The lowest BCUT2D eigenvalue weighted by molar-refractivity contribution is 0.0335. The maximum absolute atomic E-state index is 9.60. The Balaban J connectivity index is 1.76. The van der Waals surface area contributed by atoms with Gasteiger partial charge in [-0.25, -0.2) is 0 Å². The molecule has 1 aromatic rings. The number of rotatable bonds is 3. The van der Waals surface area contributed by atoms with E-state index in [2.05, 4.69) is 16.9 Å². The first-order chi connectivity index (χ1) is 7.25. The molecule has 1 N–H and O–H groups in total. The maximum atomic E-state index is 9.60. The van der Waals surface area contributed by atoms with Crippen LogP contribution in [0, 0.1) is 5.92 Å². The van der Waals surface area contributed by atoms with Crippen molar-refractivity contribution in [3.05, 3.63) is 18.5 Å². The van der Waals surface area contributed by atoms with Gasteiger partial charge in [0.25, 0.3) is 0 Å². The minimum absolute atomic E-state index is 0.106. The highest BCUT2D eigenvalue weighted by atomic mass is 16.3. The maximum Gasteiger partial charge on any atom is 0.0590 e. The number of hydrogen-bond acceptors (Lipinski definition) is 3. The number of nitrogens with zero attached hydrogens (tertiary/aromatic N) is 3. The van der Waals surface area contributed by atoms with Gasteiger partial charge in [0.15, 0.2) is 0 Å². The van der Waals surface area contributed by atoms with Gasteiger partial charge in [-0.15, -0.1) is 0 Å². The molecule has 0 radical (unpaired) electrons. The van der Waals surface area contributed by atoms with Crippen LogP contribution in [0.2, 0.25) is 0 Å². The fraction of sp³-hybridized carbons (Fsp3) is 0.727. The quantitative estimate of drug-likeness (QED) is 0.792. The van der Waals surface area contributed by atoms with Crippen molar-refractivity contribution in [3.8, 4) is 0 Å². The van der Waals surface area contributed by atoms with Crippen molar-refractivity contribution in [2.24, 2.45) is 5.92 Å². The topological polar surface area (TPSA) is 41.3 Å². The van der Waals surface area contributed by atoms with Gasteiger partial charge < -0.3 is 10.0 Å². The summed E-state index contributed by atoms with van der Waals surface area (Å²) < 4.78 is 1.95. The first kappa shape index (κ1) is 10.6. The Morgan fingerprint density at radius 2 is 2.33 bits per heavy atom. The molecule has 15 heavy (non-hydrogen) atoms. The van der Waals surface area contributed by atoms with Gasteiger partial charge in [-0.05, 0) is 18.4 Å². The monoisotopic (exact) mass is 209 g/mol. The zero-order valence-corrected chi connectivity index (χ0v) is 9.21. The van der Waals surface area contributed by atoms with Crippen LogP contribution in [-0.4, -0.2) is 45.5 Å². The van der Waals surface area contributed by atoms with Crippen molar-refractivity contribution < 1.29 is 5.11 Å². The van der Waals surface area contributed by atoms with Crippen LogP contribution in [0.1, 0.15) is 13.3 Å². The largest absolute Gasteiger partial charge is 0.393 e. The van der Waals surface area contributed by atoms with Crippen LogP contribution in [-0.2, 0) is 6.54 Å². The Bertz CT molecular complexity index is 286. The fourth-order valence-corrected chi connectivity index (χ4v) is 2.10. The highest BCUT2D eigenvalue weighted by Crippen LogP contribution is 2.15. The van der Waals surface area contributed by atoms with Gasteiger partial charge in [0, 0.05) is 32.0 Å². The number of likely N-dealkylation sites (tertiary alicyclic amines) is 1. The first-order valence-electron chi connectivity index (χ1n) is 5.63.